The maximum absolute atomic E-state index is 12.7. The monoisotopic (exact) mass is 463 g/mol. The van der Waals surface area contributed by atoms with Crippen LogP contribution in [0, 0.1) is 0 Å². The number of amides is 1. The number of methoxy groups -OCH3 is 1. The molecule has 0 spiro atoms. The van der Waals surface area contributed by atoms with Crippen LogP contribution in [-0.4, -0.2) is 49.2 Å². The Balaban J connectivity index is 1.70. The lowest BCUT2D eigenvalue weighted by molar-refractivity contribution is -0.126. The number of carbonyl (C=O) groups excluding carboxylic acids is 1. The number of thiazole rings is 1. The Morgan fingerprint density at radius 1 is 1.19 bits per heavy atom. The van der Waals surface area contributed by atoms with Gasteiger partial charge in [0.05, 0.1) is 36.6 Å². The quantitative estimate of drug-likeness (QED) is 0.495. The minimum atomic E-state index is -3.46. The van der Waals surface area contributed by atoms with E-state index in [9.17, 15) is 13.2 Å². The minimum absolute atomic E-state index is 0.159. The van der Waals surface area contributed by atoms with Gasteiger partial charge in [0.2, 0.25) is 15.9 Å². The largest absolute Gasteiger partial charge is 0.477 e. The van der Waals surface area contributed by atoms with Crippen molar-refractivity contribution in [2.24, 2.45) is 0 Å². The maximum Gasteiger partial charge on any atom is 0.259 e. The van der Waals surface area contributed by atoms with Gasteiger partial charge in [-0.2, -0.15) is 0 Å². The molecule has 31 heavy (non-hydrogen) atoms. The third kappa shape index (κ3) is 6.20. The summed E-state index contributed by atoms with van der Waals surface area (Å²) in [5.41, 5.74) is 2.31. The third-order valence-electron chi connectivity index (χ3n) is 3.89. The first kappa shape index (κ1) is 22.6. The number of nitrogens with zero attached hydrogens (tertiary/aromatic N) is 3. The molecule has 3 rings (SSSR count). The van der Waals surface area contributed by atoms with Crippen LogP contribution in [0.4, 0.5) is 10.8 Å². The van der Waals surface area contributed by atoms with Crippen LogP contribution in [0.1, 0.15) is 18.7 Å². The molecule has 12 heteroatoms. The van der Waals surface area contributed by atoms with Gasteiger partial charge in [-0.25, -0.2) is 18.4 Å². The van der Waals surface area contributed by atoms with Gasteiger partial charge in [-0.15, -0.1) is 11.3 Å². The number of benzene rings is 1. The molecule has 3 aromatic rings. The number of hydrogen-bond donors (Lipinski definition) is 2. The molecule has 0 fully saturated rings. The number of hydrogen-bond acceptors (Lipinski definition) is 9. The molecule has 2 N–H and O–H groups in total. The van der Waals surface area contributed by atoms with E-state index in [1.54, 1.807) is 42.0 Å². The van der Waals surface area contributed by atoms with E-state index in [4.69, 9.17) is 9.47 Å². The van der Waals surface area contributed by atoms with Gasteiger partial charge in [-0.3, -0.25) is 14.5 Å². The van der Waals surface area contributed by atoms with Crippen LogP contribution in [0.5, 0.6) is 5.88 Å². The molecule has 0 bridgehead atoms. The first-order valence-electron chi connectivity index (χ1n) is 9.11. The molecule has 0 saturated heterocycles. The zero-order valence-electron chi connectivity index (χ0n) is 17.0. The number of aromatic nitrogens is 3. The molecular formula is C19H21N5O5S2. The van der Waals surface area contributed by atoms with E-state index in [1.165, 1.54) is 7.11 Å². The Morgan fingerprint density at radius 2 is 1.94 bits per heavy atom. The highest BCUT2D eigenvalue weighted by Gasteiger charge is 2.24. The van der Waals surface area contributed by atoms with Crippen molar-refractivity contribution in [3.63, 3.8) is 0 Å². The second-order valence-corrected chi connectivity index (χ2v) is 8.92. The molecule has 0 radical (unpaired) electrons. The van der Waals surface area contributed by atoms with Crippen molar-refractivity contribution in [3.05, 3.63) is 47.7 Å². The predicted octanol–water partition coefficient (Wildman–Crippen LogP) is 2.70. The number of anilines is 2. The van der Waals surface area contributed by atoms with Gasteiger partial charge >= 0.3 is 0 Å². The Labute approximate surface area is 183 Å². The second-order valence-electron chi connectivity index (χ2n) is 6.31. The first-order valence-corrected chi connectivity index (χ1v) is 11.9. The molecule has 0 aliphatic rings. The van der Waals surface area contributed by atoms with Crippen molar-refractivity contribution in [1.29, 1.82) is 0 Å². The summed E-state index contributed by atoms with van der Waals surface area (Å²) >= 11 is 1.06. The van der Waals surface area contributed by atoms with E-state index < -0.39 is 22.0 Å². The molecule has 0 saturated carbocycles. The minimum Gasteiger partial charge on any atom is -0.477 e. The Morgan fingerprint density at radius 3 is 2.58 bits per heavy atom. The number of rotatable bonds is 9. The summed E-state index contributed by atoms with van der Waals surface area (Å²) in [5, 5.41) is 4.48. The summed E-state index contributed by atoms with van der Waals surface area (Å²) in [7, 11) is -2.08. The molecule has 1 amide bonds. The molecule has 164 valence electrons. The lowest BCUT2D eigenvalue weighted by Gasteiger charge is -2.13. The SMILES string of the molecule is CCOc1cncc(-c2ccc(NC(=O)C(OC)c3csc(NS(C)(=O)=O)n3)cc2)n1. The zero-order chi connectivity index (χ0) is 22.4. The second kappa shape index (κ2) is 9.81. The zero-order valence-corrected chi connectivity index (χ0v) is 18.7. The fraction of sp³-hybridized carbons (Fsp3) is 0.263. The number of ether oxygens (including phenoxy) is 2. The van der Waals surface area contributed by atoms with E-state index in [2.05, 4.69) is 25.0 Å². The Hall–Kier alpha value is -3.09. The summed E-state index contributed by atoms with van der Waals surface area (Å²) in [6, 6.07) is 7.06. The highest BCUT2D eigenvalue weighted by atomic mass is 32.2. The summed E-state index contributed by atoms with van der Waals surface area (Å²) < 4.78 is 35.6. The summed E-state index contributed by atoms with van der Waals surface area (Å²) in [6.07, 6.45) is 3.19. The lowest BCUT2D eigenvalue weighted by atomic mass is 10.1. The molecule has 1 aromatic carbocycles. The normalized spacial score (nSPS) is 12.2. The van der Waals surface area contributed by atoms with Crippen molar-refractivity contribution >= 4 is 38.1 Å². The van der Waals surface area contributed by atoms with Crippen LogP contribution in [0.15, 0.2) is 42.0 Å². The van der Waals surface area contributed by atoms with Crippen molar-refractivity contribution in [2.75, 3.05) is 30.0 Å². The smallest absolute Gasteiger partial charge is 0.259 e. The predicted molar refractivity (Wildman–Crippen MR) is 118 cm³/mol. The number of nitrogens with one attached hydrogen (secondary N) is 2. The lowest BCUT2D eigenvalue weighted by Crippen LogP contribution is -2.23. The van der Waals surface area contributed by atoms with Gasteiger partial charge in [-0.1, -0.05) is 12.1 Å². The van der Waals surface area contributed by atoms with Crippen LogP contribution >= 0.6 is 11.3 Å². The van der Waals surface area contributed by atoms with E-state index in [0.717, 1.165) is 23.2 Å². The van der Waals surface area contributed by atoms with Gasteiger partial charge in [0.1, 0.15) is 0 Å². The van der Waals surface area contributed by atoms with Gasteiger partial charge in [0.25, 0.3) is 5.91 Å². The van der Waals surface area contributed by atoms with Gasteiger partial charge in [-0.05, 0) is 19.1 Å². The van der Waals surface area contributed by atoms with E-state index >= 15 is 0 Å². The van der Waals surface area contributed by atoms with Crippen LogP contribution in [0.25, 0.3) is 11.3 Å². The summed E-state index contributed by atoms with van der Waals surface area (Å²) in [6.45, 7) is 2.36. The molecule has 2 heterocycles. The van der Waals surface area contributed by atoms with Gasteiger partial charge in [0, 0.05) is 23.7 Å². The Kier molecular flexibility index (Phi) is 7.15. The molecule has 0 aliphatic carbocycles. The van der Waals surface area contributed by atoms with Crippen LogP contribution in [0.2, 0.25) is 0 Å². The van der Waals surface area contributed by atoms with Crippen molar-refractivity contribution in [1.82, 2.24) is 15.0 Å². The van der Waals surface area contributed by atoms with Crippen molar-refractivity contribution in [3.8, 4) is 17.1 Å². The third-order valence-corrected chi connectivity index (χ3v) is 5.36. The highest BCUT2D eigenvalue weighted by Crippen LogP contribution is 2.26. The summed E-state index contributed by atoms with van der Waals surface area (Å²) in [4.78, 5) is 25.3. The molecule has 1 atom stereocenters. The molecule has 2 aromatic heterocycles. The summed E-state index contributed by atoms with van der Waals surface area (Å²) in [5.74, 6) is -0.00194. The molecule has 0 aliphatic heterocycles. The van der Waals surface area contributed by atoms with Crippen molar-refractivity contribution < 1.29 is 22.7 Å². The van der Waals surface area contributed by atoms with E-state index in [1.807, 2.05) is 6.92 Å². The average molecular weight is 464 g/mol. The van der Waals surface area contributed by atoms with Crippen molar-refractivity contribution in [2.45, 2.75) is 13.0 Å². The fourth-order valence-electron chi connectivity index (χ4n) is 2.61. The maximum atomic E-state index is 12.7. The van der Waals surface area contributed by atoms with Crippen LogP contribution in [-0.2, 0) is 19.6 Å². The standard InChI is InChI=1S/C19H21N5O5S2/c1-4-29-16-10-20-9-14(22-16)12-5-7-13(8-6-12)21-18(25)17(28-2)15-11-30-19(23-15)24-31(3,26)27/h5-11,17H,4H2,1-3H3,(H,21,25)(H,23,24). The topological polar surface area (TPSA) is 132 Å². The average Bonchev–Trinajstić information content (AvgIpc) is 3.16. The highest BCUT2D eigenvalue weighted by molar-refractivity contribution is 7.92. The first-order chi connectivity index (χ1) is 14.8. The Bertz CT molecular complexity index is 1150. The molecule has 10 nitrogen and oxygen atoms in total. The van der Waals surface area contributed by atoms with Gasteiger partial charge < -0.3 is 14.8 Å². The van der Waals surface area contributed by atoms with Gasteiger partial charge in [0.15, 0.2) is 11.2 Å². The molecular weight excluding hydrogens is 442 g/mol. The number of carbonyl (C=O) groups is 1. The fourth-order valence-corrected chi connectivity index (χ4v) is 4.19. The molecule has 1 unspecified atom stereocenters. The van der Waals surface area contributed by atoms with Crippen LogP contribution in [0.3, 0.4) is 0 Å². The van der Waals surface area contributed by atoms with E-state index in [-0.39, 0.29) is 5.13 Å². The van der Waals surface area contributed by atoms with E-state index in [0.29, 0.717) is 29.6 Å². The number of sulfonamides is 1. The van der Waals surface area contributed by atoms with Crippen LogP contribution < -0.4 is 14.8 Å².